The number of aromatic nitrogens is 5. The zero-order valence-electron chi connectivity index (χ0n) is 12.0. The molecule has 2 heterocycles. The summed E-state index contributed by atoms with van der Waals surface area (Å²) >= 11 is 0. The van der Waals surface area contributed by atoms with Crippen LogP contribution in [0.25, 0.3) is 5.95 Å². The Labute approximate surface area is 123 Å². The van der Waals surface area contributed by atoms with Crippen LogP contribution in [0.3, 0.4) is 0 Å². The van der Waals surface area contributed by atoms with Crippen molar-refractivity contribution in [1.29, 1.82) is 0 Å². The summed E-state index contributed by atoms with van der Waals surface area (Å²) in [5, 5.41) is 10.2. The van der Waals surface area contributed by atoms with Crippen LogP contribution in [0.2, 0.25) is 0 Å². The minimum Gasteiger partial charge on any atom is -0.379 e. The van der Waals surface area contributed by atoms with Gasteiger partial charge in [0.15, 0.2) is 0 Å². The molecule has 0 unspecified atom stereocenters. The molecule has 0 spiro atoms. The quantitative estimate of drug-likeness (QED) is 0.699. The fourth-order valence-corrected chi connectivity index (χ4v) is 1.81. The molecule has 1 fully saturated rings. The molecule has 0 aliphatic heterocycles. The Morgan fingerprint density at radius 1 is 1.29 bits per heavy atom. The summed E-state index contributed by atoms with van der Waals surface area (Å²) in [5.74, 6) is 2.26. The highest BCUT2D eigenvalue weighted by molar-refractivity contribution is 5.37. The van der Waals surface area contributed by atoms with Crippen LogP contribution in [0.15, 0.2) is 18.5 Å². The van der Waals surface area contributed by atoms with Crippen LogP contribution in [-0.2, 0) is 4.74 Å². The van der Waals surface area contributed by atoms with Crippen LogP contribution in [-0.4, -0.2) is 51.5 Å². The van der Waals surface area contributed by atoms with E-state index in [-0.39, 0.29) is 0 Å². The SMILES string of the molecule is CNc1nc(NCCOCC2CC2)nc(-n2cccn2)n1. The predicted molar refractivity (Wildman–Crippen MR) is 78.5 cm³/mol. The predicted octanol–water partition coefficient (Wildman–Crippen LogP) is 0.937. The number of anilines is 2. The van der Waals surface area contributed by atoms with E-state index in [1.165, 1.54) is 12.8 Å². The molecule has 112 valence electrons. The maximum absolute atomic E-state index is 5.57. The first kappa shape index (κ1) is 13.7. The molecule has 1 aliphatic carbocycles. The van der Waals surface area contributed by atoms with Crippen molar-refractivity contribution >= 4 is 11.9 Å². The summed E-state index contributed by atoms with van der Waals surface area (Å²) < 4.78 is 7.17. The van der Waals surface area contributed by atoms with Crippen molar-refractivity contribution in [1.82, 2.24) is 24.7 Å². The lowest BCUT2D eigenvalue weighted by atomic mass is 10.5. The summed E-state index contributed by atoms with van der Waals surface area (Å²) in [6.07, 6.45) is 6.08. The van der Waals surface area contributed by atoms with Crippen molar-refractivity contribution in [2.24, 2.45) is 5.92 Å². The molecule has 2 N–H and O–H groups in total. The molecule has 0 amide bonds. The van der Waals surface area contributed by atoms with E-state index in [9.17, 15) is 0 Å². The van der Waals surface area contributed by atoms with E-state index in [1.54, 1.807) is 24.1 Å². The summed E-state index contributed by atoms with van der Waals surface area (Å²) in [6.45, 7) is 2.17. The fraction of sp³-hybridized carbons (Fsp3) is 0.538. The molecule has 8 nitrogen and oxygen atoms in total. The van der Waals surface area contributed by atoms with Crippen molar-refractivity contribution in [2.75, 3.05) is 37.4 Å². The molecule has 8 heteroatoms. The van der Waals surface area contributed by atoms with E-state index in [0.29, 0.717) is 31.0 Å². The second-order valence-electron chi connectivity index (χ2n) is 4.93. The summed E-state index contributed by atoms with van der Waals surface area (Å²) in [4.78, 5) is 12.9. The van der Waals surface area contributed by atoms with Gasteiger partial charge in [0.25, 0.3) is 5.95 Å². The van der Waals surface area contributed by atoms with Gasteiger partial charge in [0.2, 0.25) is 11.9 Å². The van der Waals surface area contributed by atoms with E-state index >= 15 is 0 Å². The zero-order valence-corrected chi connectivity index (χ0v) is 12.0. The molecule has 21 heavy (non-hydrogen) atoms. The van der Waals surface area contributed by atoms with Gasteiger partial charge in [0.1, 0.15) is 0 Å². The zero-order chi connectivity index (χ0) is 14.5. The molecule has 0 bridgehead atoms. The number of rotatable bonds is 8. The van der Waals surface area contributed by atoms with Gasteiger partial charge in [-0.25, -0.2) is 4.68 Å². The number of nitrogens with one attached hydrogen (secondary N) is 2. The molecule has 0 aromatic carbocycles. The average Bonchev–Trinajstić information content (AvgIpc) is 3.17. The Morgan fingerprint density at radius 3 is 2.86 bits per heavy atom. The first-order chi connectivity index (χ1) is 10.3. The normalized spacial score (nSPS) is 14.1. The molecule has 3 rings (SSSR count). The number of hydrogen-bond acceptors (Lipinski definition) is 7. The number of hydrogen-bond donors (Lipinski definition) is 2. The number of nitrogens with zero attached hydrogens (tertiary/aromatic N) is 5. The Bertz CT molecular complexity index is 568. The smallest absolute Gasteiger partial charge is 0.257 e. The highest BCUT2D eigenvalue weighted by atomic mass is 16.5. The Balaban J connectivity index is 1.59. The van der Waals surface area contributed by atoms with Gasteiger partial charge in [-0.05, 0) is 24.8 Å². The van der Waals surface area contributed by atoms with Gasteiger partial charge in [-0.1, -0.05) is 0 Å². The van der Waals surface area contributed by atoms with Gasteiger partial charge >= 0.3 is 0 Å². The Kier molecular flexibility index (Phi) is 4.25. The van der Waals surface area contributed by atoms with E-state index in [2.05, 4.69) is 30.7 Å². The molecule has 0 radical (unpaired) electrons. The summed E-state index contributed by atoms with van der Waals surface area (Å²) in [7, 11) is 1.77. The van der Waals surface area contributed by atoms with E-state index in [4.69, 9.17) is 4.74 Å². The molecular weight excluding hydrogens is 270 g/mol. The topological polar surface area (TPSA) is 89.8 Å². The van der Waals surface area contributed by atoms with E-state index in [0.717, 1.165) is 12.5 Å². The van der Waals surface area contributed by atoms with Gasteiger partial charge in [-0.15, -0.1) is 0 Å². The van der Waals surface area contributed by atoms with Gasteiger partial charge < -0.3 is 15.4 Å². The Hall–Kier alpha value is -2.22. The third kappa shape index (κ3) is 3.88. The van der Waals surface area contributed by atoms with Gasteiger partial charge in [-0.3, -0.25) is 0 Å². The lowest BCUT2D eigenvalue weighted by Gasteiger charge is -2.08. The second kappa shape index (κ2) is 6.49. The Morgan fingerprint density at radius 2 is 2.14 bits per heavy atom. The first-order valence-electron chi connectivity index (χ1n) is 7.10. The van der Waals surface area contributed by atoms with E-state index in [1.807, 2.05) is 6.07 Å². The van der Waals surface area contributed by atoms with Crippen molar-refractivity contribution < 1.29 is 4.74 Å². The van der Waals surface area contributed by atoms with Crippen LogP contribution >= 0.6 is 0 Å². The van der Waals surface area contributed by atoms with Crippen LogP contribution < -0.4 is 10.6 Å². The summed E-state index contributed by atoms with van der Waals surface area (Å²) in [5.41, 5.74) is 0. The van der Waals surface area contributed by atoms with Crippen molar-refractivity contribution in [3.8, 4) is 5.95 Å². The average molecular weight is 289 g/mol. The standard InChI is InChI=1S/C13H19N7O/c1-14-11-17-12(15-6-8-21-9-10-3-4-10)19-13(18-11)20-7-2-5-16-20/h2,5,7,10H,3-4,6,8-9H2,1H3,(H2,14,15,17,18,19). The highest BCUT2D eigenvalue weighted by Gasteiger charge is 2.20. The number of ether oxygens (including phenoxy) is 1. The highest BCUT2D eigenvalue weighted by Crippen LogP contribution is 2.28. The lowest BCUT2D eigenvalue weighted by molar-refractivity contribution is 0.133. The molecule has 0 saturated heterocycles. The molecule has 1 saturated carbocycles. The van der Waals surface area contributed by atoms with Crippen molar-refractivity contribution in [3.63, 3.8) is 0 Å². The molecule has 2 aromatic heterocycles. The first-order valence-corrected chi connectivity index (χ1v) is 7.10. The van der Waals surface area contributed by atoms with Crippen LogP contribution in [0.5, 0.6) is 0 Å². The maximum Gasteiger partial charge on any atom is 0.257 e. The largest absolute Gasteiger partial charge is 0.379 e. The maximum atomic E-state index is 5.57. The second-order valence-corrected chi connectivity index (χ2v) is 4.93. The monoisotopic (exact) mass is 289 g/mol. The molecule has 2 aromatic rings. The van der Waals surface area contributed by atoms with Gasteiger partial charge in [-0.2, -0.15) is 20.1 Å². The molecular formula is C13H19N7O. The molecule has 0 atom stereocenters. The fourth-order valence-electron chi connectivity index (χ4n) is 1.81. The van der Waals surface area contributed by atoms with Gasteiger partial charge in [0.05, 0.1) is 6.61 Å². The van der Waals surface area contributed by atoms with Crippen molar-refractivity contribution in [3.05, 3.63) is 18.5 Å². The third-order valence-corrected chi connectivity index (χ3v) is 3.14. The third-order valence-electron chi connectivity index (χ3n) is 3.14. The van der Waals surface area contributed by atoms with Gasteiger partial charge in [0, 0.05) is 32.6 Å². The van der Waals surface area contributed by atoms with E-state index < -0.39 is 0 Å². The lowest BCUT2D eigenvalue weighted by Crippen LogP contribution is -2.15. The van der Waals surface area contributed by atoms with Crippen LogP contribution in [0.1, 0.15) is 12.8 Å². The minimum absolute atomic E-state index is 0.473. The minimum atomic E-state index is 0.473. The molecule has 1 aliphatic rings. The van der Waals surface area contributed by atoms with Crippen LogP contribution in [0, 0.1) is 5.92 Å². The summed E-state index contributed by atoms with van der Waals surface area (Å²) in [6, 6.07) is 1.82. The van der Waals surface area contributed by atoms with Crippen molar-refractivity contribution in [2.45, 2.75) is 12.8 Å². The van der Waals surface area contributed by atoms with Crippen LogP contribution in [0.4, 0.5) is 11.9 Å².